The molecule has 1 saturated carbocycles. The van der Waals surface area contributed by atoms with E-state index < -0.39 is 15.6 Å². The van der Waals surface area contributed by atoms with Gasteiger partial charge < -0.3 is 5.73 Å². The molecule has 0 radical (unpaired) electrons. The maximum absolute atomic E-state index is 11.9. The first kappa shape index (κ1) is 14.4. The fourth-order valence-corrected chi connectivity index (χ4v) is 3.94. The van der Waals surface area contributed by atoms with E-state index in [4.69, 9.17) is 11.1 Å². The van der Waals surface area contributed by atoms with Crippen molar-refractivity contribution in [2.45, 2.75) is 51.5 Å². The van der Waals surface area contributed by atoms with E-state index in [2.05, 4.69) is 4.72 Å². The summed E-state index contributed by atoms with van der Waals surface area (Å²) in [4.78, 5) is 0. The number of hydrogen-bond acceptors (Lipinski definition) is 3. The molecule has 0 aliphatic heterocycles. The van der Waals surface area contributed by atoms with E-state index in [1.165, 1.54) is 0 Å². The third-order valence-corrected chi connectivity index (χ3v) is 4.76. The number of rotatable bonds is 6. The number of hydrogen-bond donors (Lipinski definition) is 3. The highest BCUT2D eigenvalue weighted by atomic mass is 32.2. The van der Waals surface area contributed by atoms with Gasteiger partial charge in [-0.2, -0.15) is 0 Å². The zero-order chi connectivity index (χ0) is 13.1. The van der Waals surface area contributed by atoms with Crippen molar-refractivity contribution in [3.05, 3.63) is 0 Å². The van der Waals surface area contributed by atoms with Gasteiger partial charge in [0.05, 0.1) is 11.3 Å². The molecule has 0 unspecified atom stereocenters. The van der Waals surface area contributed by atoms with Crippen molar-refractivity contribution < 1.29 is 8.42 Å². The molecule has 0 heterocycles. The monoisotopic (exact) mass is 261 g/mol. The molecule has 17 heavy (non-hydrogen) atoms. The van der Waals surface area contributed by atoms with Crippen LogP contribution in [0.1, 0.15) is 46.0 Å². The molecule has 0 aromatic carbocycles. The second-order valence-corrected chi connectivity index (χ2v) is 7.15. The minimum absolute atomic E-state index is 0.0527. The highest BCUT2D eigenvalue weighted by Gasteiger charge is 2.40. The van der Waals surface area contributed by atoms with Gasteiger partial charge in [-0.1, -0.05) is 26.7 Å². The van der Waals surface area contributed by atoms with Gasteiger partial charge in [0.25, 0.3) is 0 Å². The largest absolute Gasteiger partial charge is 0.386 e. The van der Waals surface area contributed by atoms with Crippen LogP contribution in [-0.2, 0) is 10.0 Å². The molecule has 0 aromatic heterocycles. The highest BCUT2D eigenvalue weighted by Crippen LogP contribution is 2.30. The fourth-order valence-electron chi connectivity index (χ4n) is 2.14. The van der Waals surface area contributed by atoms with Gasteiger partial charge in [-0.15, -0.1) is 0 Å². The number of nitrogens with one attached hydrogen (secondary N) is 2. The van der Waals surface area contributed by atoms with Crippen LogP contribution in [0.5, 0.6) is 0 Å². The van der Waals surface area contributed by atoms with Crippen molar-refractivity contribution in [2.24, 2.45) is 11.7 Å². The molecule has 1 aliphatic rings. The Morgan fingerprint density at radius 1 is 1.41 bits per heavy atom. The molecule has 1 rings (SSSR count). The van der Waals surface area contributed by atoms with Crippen molar-refractivity contribution in [1.29, 1.82) is 5.41 Å². The van der Waals surface area contributed by atoms with Crippen LogP contribution in [0.3, 0.4) is 0 Å². The SMILES string of the molecule is CC(C)CCS(=O)(=O)NC1(C(=N)N)CCCC1. The minimum atomic E-state index is -3.33. The lowest BCUT2D eigenvalue weighted by Gasteiger charge is -2.28. The summed E-state index contributed by atoms with van der Waals surface area (Å²) in [6.07, 6.45) is 3.76. The summed E-state index contributed by atoms with van der Waals surface area (Å²) in [5.74, 6) is 0.409. The molecule has 0 aromatic rings. The average molecular weight is 261 g/mol. The summed E-state index contributed by atoms with van der Waals surface area (Å²) in [6.45, 7) is 3.98. The Hall–Kier alpha value is -0.620. The zero-order valence-electron chi connectivity index (χ0n) is 10.6. The van der Waals surface area contributed by atoms with Crippen molar-refractivity contribution >= 4 is 15.9 Å². The summed E-state index contributed by atoms with van der Waals surface area (Å²) in [7, 11) is -3.33. The molecular formula is C11H23N3O2S. The van der Waals surface area contributed by atoms with Crippen LogP contribution < -0.4 is 10.5 Å². The Kier molecular flexibility index (Phi) is 4.55. The summed E-state index contributed by atoms with van der Waals surface area (Å²) < 4.78 is 26.5. The Labute approximate surface area is 104 Å². The third-order valence-electron chi connectivity index (χ3n) is 3.29. The smallest absolute Gasteiger partial charge is 0.212 e. The van der Waals surface area contributed by atoms with Gasteiger partial charge in [-0.3, -0.25) is 5.41 Å². The van der Waals surface area contributed by atoms with E-state index in [9.17, 15) is 8.42 Å². The number of nitrogens with two attached hydrogens (primary N) is 1. The van der Waals surface area contributed by atoms with Gasteiger partial charge in [0.1, 0.15) is 5.84 Å². The van der Waals surface area contributed by atoms with Crippen LogP contribution in [0.4, 0.5) is 0 Å². The molecule has 1 aliphatic carbocycles. The van der Waals surface area contributed by atoms with Gasteiger partial charge in [-0.25, -0.2) is 13.1 Å². The highest BCUT2D eigenvalue weighted by molar-refractivity contribution is 7.89. The van der Waals surface area contributed by atoms with E-state index in [1.54, 1.807) is 0 Å². The summed E-state index contributed by atoms with van der Waals surface area (Å²) in [5, 5.41) is 7.59. The average Bonchev–Trinajstić information content (AvgIpc) is 2.64. The van der Waals surface area contributed by atoms with Crippen molar-refractivity contribution in [2.75, 3.05) is 5.75 Å². The molecule has 0 saturated heterocycles. The maximum Gasteiger partial charge on any atom is 0.212 e. The molecular weight excluding hydrogens is 238 g/mol. The predicted octanol–water partition coefficient (Wildman–Crippen LogP) is 1.20. The lowest BCUT2D eigenvalue weighted by atomic mass is 9.98. The fraction of sp³-hybridized carbons (Fsp3) is 0.909. The van der Waals surface area contributed by atoms with Crippen molar-refractivity contribution in [3.8, 4) is 0 Å². The Balaban J connectivity index is 2.70. The van der Waals surface area contributed by atoms with Crippen LogP contribution in [0.15, 0.2) is 0 Å². The minimum Gasteiger partial charge on any atom is -0.386 e. The topological polar surface area (TPSA) is 96.0 Å². The van der Waals surface area contributed by atoms with E-state index in [1.807, 2.05) is 13.8 Å². The van der Waals surface area contributed by atoms with Crippen LogP contribution in [0.2, 0.25) is 0 Å². The third kappa shape index (κ3) is 3.96. The van der Waals surface area contributed by atoms with Gasteiger partial charge in [0.15, 0.2) is 0 Å². The van der Waals surface area contributed by atoms with Crippen molar-refractivity contribution in [3.63, 3.8) is 0 Å². The standard InChI is InChI=1S/C11H23N3O2S/c1-9(2)5-8-17(15,16)14-11(10(12)13)6-3-4-7-11/h9,14H,3-8H2,1-2H3,(H3,12,13). The Bertz CT molecular complexity index is 370. The molecule has 0 amide bonds. The summed E-state index contributed by atoms with van der Waals surface area (Å²) in [5.41, 5.74) is 4.74. The number of sulfonamides is 1. The summed E-state index contributed by atoms with van der Waals surface area (Å²) in [6, 6.07) is 0. The first-order valence-corrected chi connectivity index (χ1v) is 7.79. The van der Waals surface area contributed by atoms with Gasteiger partial charge in [0, 0.05) is 0 Å². The Morgan fingerprint density at radius 2 is 1.94 bits per heavy atom. The predicted molar refractivity (Wildman–Crippen MR) is 69.5 cm³/mol. The maximum atomic E-state index is 11.9. The molecule has 0 atom stereocenters. The van der Waals surface area contributed by atoms with Crippen LogP contribution in [-0.4, -0.2) is 25.5 Å². The molecule has 0 spiro atoms. The first-order chi connectivity index (χ1) is 7.77. The lowest BCUT2D eigenvalue weighted by Crippen LogP contribution is -2.55. The lowest BCUT2D eigenvalue weighted by molar-refractivity contribution is 0.491. The van der Waals surface area contributed by atoms with Gasteiger partial charge >= 0.3 is 0 Å². The molecule has 4 N–H and O–H groups in total. The molecule has 100 valence electrons. The van der Waals surface area contributed by atoms with E-state index in [0.29, 0.717) is 25.2 Å². The normalized spacial score (nSPS) is 19.7. The van der Waals surface area contributed by atoms with Crippen LogP contribution in [0.25, 0.3) is 0 Å². The van der Waals surface area contributed by atoms with E-state index in [0.717, 1.165) is 12.8 Å². The molecule has 6 heteroatoms. The summed E-state index contributed by atoms with van der Waals surface area (Å²) >= 11 is 0. The van der Waals surface area contributed by atoms with E-state index >= 15 is 0 Å². The van der Waals surface area contributed by atoms with Gasteiger partial charge in [0.2, 0.25) is 10.0 Å². The second-order valence-electron chi connectivity index (χ2n) is 5.31. The molecule has 0 bridgehead atoms. The van der Waals surface area contributed by atoms with Gasteiger partial charge in [-0.05, 0) is 25.2 Å². The first-order valence-electron chi connectivity index (χ1n) is 6.13. The zero-order valence-corrected chi connectivity index (χ0v) is 11.4. The van der Waals surface area contributed by atoms with Crippen LogP contribution >= 0.6 is 0 Å². The van der Waals surface area contributed by atoms with E-state index in [-0.39, 0.29) is 11.6 Å². The number of amidine groups is 1. The quantitative estimate of drug-likeness (QED) is 0.495. The second kappa shape index (κ2) is 5.35. The van der Waals surface area contributed by atoms with Crippen molar-refractivity contribution in [1.82, 2.24) is 4.72 Å². The Morgan fingerprint density at radius 3 is 2.35 bits per heavy atom. The molecule has 1 fully saturated rings. The molecule has 5 nitrogen and oxygen atoms in total. The van der Waals surface area contributed by atoms with Crippen LogP contribution in [0, 0.1) is 11.3 Å².